The van der Waals surface area contributed by atoms with Gasteiger partial charge in [-0.3, -0.25) is 4.79 Å². The van der Waals surface area contributed by atoms with E-state index >= 15 is 0 Å². The number of piperidine rings is 1. The lowest BCUT2D eigenvalue weighted by molar-refractivity contribution is -0.137. The highest BCUT2D eigenvalue weighted by Crippen LogP contribution is 2.13. The summed E-state index contributed by atoms with van der Waals surface area (Å²) in [6.07, 6.45) is 3.32. The van der Waals surface area contributed by atoms with Gasteiger partial charge in [-0.25, -0.2) is 0 Å². The van der Waals surface area contributed by atoms with E-state index in [0.717, 1.165) is 38.8 Å². The van der Waals surface area contributed by atoms with Crippen LogP contribution in [-0.2, 0) is 4.79 Å². The number of nitrogens with one attached hydrogen (secondary N) is 1. The predicted molar refractivity (Wildman–Crippen MR) is 64.2 cm³/mol. The van der Waals surface area contributed by atoms with E-state index in [0.29, 0.717) is 6.54 Å². The van der Waals surface area contributed by atoms with E-state index < -0.39 is 0 Å². The molecule has 0 aliphatic carbocycles. The van der Waals surface area contributed by atoms with Crippen LogP contribution in [0, 0.1) is 0 Å². The van der Waals surface area contributed by atoms with Gasteiger partial charge >= 0.3 is 0 Å². The van der Waals surface area contributed by atoms with Gasteiger partial charge < -0.3 is 15.3 Å². The van der Waals surface area contributed by atoms with Crippen molar-refractivity contribution in [2.24, 2.45) is 0 Å². The standard InChI is InChI=1S/C12H24N2O2/c1-3-6-10(15)9-14-8-5-7-11(12(14)16)13-4-2/h10-11,13,15H,3-9H2,1-2H3. The molecule has 1 aliphatic rings. The molecule has 0 saturated carbocycles. The van der Waals surface area contributed by atoms with Crippen LogP contribution in [-0.4, -0.2) is 47.7 Å². The van der Waals surface area contributed by atoms with E-state index in [1.807, 2.05) is 13.8 Å². The van der Waals surface area contributed by atoms with E-state index in [-0.39, 0.29) is 18.1 Å². The van der Waals surface area contributed by atoms with Gasteiger partial charge in [0.05, 0.1) is 12.1 Å². The van der Waals surface area contributed by atoms with Gasteiger partial charge in [0.25, 0.3) is 0 Å². The van der Waals surface area contributed by atoms with Crippen molar-refractivity contribution in [1.29, 1.82) is 0 Å². The van der Waals surface area contributed by atoms with E-state index in [1.54, 1.807) is 4.90 Å². The number of aliphatic hydroxyl groups is 1. The highest BCUT2D eigenvalue weighted by atomic mass is 16.3. The average molecular weight is 228 g/mol. The zero-order valence-electron chi connectivity index (χ0n) is 10.4. The molecule has 1 aliphatic heterocycles. The van der Waals surface area contributed by atoms with Crippen molar-refractivity contribution in [2.45, 2.75) is 51.7 Å². The van der Waals surface area contributed by atoms with Crippen molar-refractivity contribution in [3.05, 3.63) is 0 Å². The Morgan fingerprint density at radius 3 is 2.94 bits per heavy atom. The summed E-state index contributed by atoms with van der Waals surface area (Å²) in [4.78, 5) is 13.8. The van der Waals surface area contributed by atoms with Crippen molar-refractivity contribution >= 4 is 5.91 Å². The lowest BCUT2D eigenvalue weighted by atomic mass is 10.0. The number of nitrogens with zero attached hydrogens (tertiary/aromatic N) is 1. The number of aliphatic hydroxyl groups excluding tert-OH is 1. The number of likely N-dealkylation sites (N-methyl/N-ethyl adjacent to an activating group) is 1. The fourth-order valence-electron chi connectivity index (χ4n) is 2.24. The van der Waals surface area contributed by atoms with Crippen LogP contribution in [0.5, 0.6) is 0 Å². The summed E-state index contributed by atoms with van der Waals surface area (Å²) >= 11 is 0. The molecule has 1 heterocycles. The fourth-order valence-corrected chi connectivity index (χ4v) is 2.24. The first-order valence-corrected chi connectivity index (χ1v) is 6.39. The Morgan fingerprint density at radius 1 is 1.56 bits per heavy atom. The van der Waals surface area contributed by atoms with Gasteiger partial charge in [0.2, 0.25) is 5.91 Å². The maximum Gasteiger partial charge on any atom is 0.239 e. The molecule has 1 amide bonds. The quantitative estimate of drug-likeness (QED) is 0.705. The van der Waals surface area contributed by atoms with Crippen LogP contribution in [0.2, 0.25) is 0 Å². The molecule has 0 bridgehead atoms. The molecule has 0 aromatic rings. The zero-order valence-corrected chi connectivity index (χ0v) is 10.4. The van der Waals surface area contributed by atoms with Crippen LogP contribution < -0.4 is 5.32 Å². The van der Waals surface area contributed by atoms with E-state index in [9.17, 15) is 9.90 Å². The smallest absolute Gasteiger partial charge is 0.239 e. The Labute approximate surface area is 98.0 Å². The second kappa shape index (κ2) is 6.86. The predicted octanol–water partition coefficient (Wildman–Crippen LogP) is 0.748. The molecule has 2 unspecified atom stereocenters. The molecule has 94 valence electrons. The van der Waals surface area contributed by atoms with Crippen LogP contribution in [0.25, 0.3) is 0 Å². The number of carbonyl (C=O) groups excluding carboxylic acids is 1. The summed E-state index contributed by atoms with van der Waals surface area (Å²) in [5.41, 5.74) is 0. The Bertz CT molecular complexity index is 219. The number of rotatable bonds is 6. The molecule has 1 rings (SSSR count). The van der Waals surface area contributed by atoms with E-state index in [1.165, 1.54) is 0 Å². The monoisotopic (exact) mass is 228 g/mol. The Balaban J connectivity index is 2.43. The minimum Gasteiger partial charge on any atom is -0.391 e. The van der Waals surface area contributed by atoms with Gasteiger partial charge in [-0.2, -0.15) is 0 Å². The molecule has 2 N–H and O–H groups in total. The molecule has 4 nitrogen and oxygen atoms in total. The van der Waals surface area contributed by atoms with Gasteiger partial charge in [-0.15, -0.1) is 0 Å². The Hall–Kier alpha value is -0.610. The lowest BCUT2D eigenvalue weighted by Gasteiger charge is -2.33. The molecule has 2 atom stereocenters. The molecule has 4 heteroatoms. The molecular formula is C12H24N2O2. The molecule has 1 saturated heterocycles. The maximum atomic E-state index is 12.0. The second-order valence-electron chi connectivity index (χ2n) is 4.48. The summed E-state index contributed by atoms with van der Waals surface area (Å²) in [5, 5.41) is 12.9. The fraction of sp³-hybridized carbons (Fsp3) is 0.917. The molecule has 1 fully saturated rings. The van der Waals surface area contributed by atoms with Crippen molar-refractivity contribution in [1.82, 2.24) is 10.2 Å². The summed E-state index contributed by atoms with van der Waals surface area (Å²) in [6.45, 7) is 6.17. The molecule has 0 radical (unpaired) electrons. The minimum absolute atomic E-state index is 0.0347. The van der Waals surface area contributed by atoms with Gasteiger partial charge in [0.1, 0.15) is 0 Å². The lowest BCUT2D eigenvalue weighted by Crippen LogP contribution is -2.52. The number of hydrogen-bond donors (Lipinski definition) is 2. The van der Waals surface area contributed by atoms with Crippen LogP contribution in [0.15, 0.2) is 0 Å². The molecule has 0 aromatic carbocycles. The topological polar surface area (TPSA) is 52.6 Å². The molecule has 0 aromatic heterocycles. The van der Waals surface area contributed by atoms with Crippen molar-refractivity contribution in [3.63, 3.8) is 0 Å². The van der Waals surface area contributed by atoms with Crippen molar-refractivity contribution in [2.75, 3.05) is 19.6 Å². The third-order valence-electron chi connectivity index (χ3n) is 3.03. The number of amides is 1. The third kappa shape index (κ3) is 3.76. The first-order chi connectivity index (χ1) is 7.69. The summed E-state index contributed by atoms with van der Waals surface area (Å²) in [5.74, 6) is 0.156. The second-order valence-corrected chi connectivity index (χ2v) is 4.48. The number of β-amino-alcohol motifs (C(OH)–C–C–N with tert-alkyl or cyclic N) is 1. The number of carbonyl (C=O) groups is 1. The van der Waals surface area contributed by atoms with E-state index in [2.05, 4.69) is 5.32 Å². The van der Waals surface area contributed by atoms with Crippen LogP contribution in [0.3, 0.4) is 0 Å². The third-order valence-corrected chi connectivity index (χ3v) is 3.03. The highest BCUT2D eigenvalue weighted by Gasteiger charge is 2.28. The van der Waals surface area contributed by atoms with Gasteiger partial charge in [-0.1, -0.05) is 20.3 Å². The minimum atomic E-state index is -0.366. The molecular weight excluding hydrogens is 204 g/mol. The van der Waals surface area contributed by atoms with Crippen LogP contribution >= 0.6 is 0 Å². The molecule has 0 spiro atoms. The highest BCUT2D eigenvalue weighted by molar-refractivity contribution is 5.82. The first kappa shape index (κ1) is 13.5. The van der Waals surface area contributed by atoms with Gasteiger partial charge in [0.15, 0.2) is 0 Å². The van der Waals surface area contributed by atoms with Crippen molar-refractivity contribution in [3.8, 4) is 0 Å². The van der Waals surface area contributed by atoms with E-state index in [4.69, 9.17) is 0 Å². The largest absolute Gasteiger partial charge is 0.391 e. The maximum absolute atomic E-state index is 12.0. The van der Waals surface area contributed by atoms with Crippen molar-refractivity contribution < 1.29 is 9.90 Å². The number of likely N-dealkylation sites (tertiary alicyclic amines) is 1. The average Bonchev–Trinajstić information content (AvgIpc) is 2.24. The first-order valence-electron chi connectivity index (χ1n) is 6.39. The Kier molecular flexibility index (Phi) is 5.77. The van der Waals surface area contributed by atoms with Crippen LogP contribution in [0.1, 0.15) is 39.5 Å². The zero-order chi connectivity index (χ0) is 12.0. The Morgan fingerprint density at radius 2 is 2.31 bits per heavy atom. The number of hydrogen-bond acceptors (Lipinski definition) is 3. The van der Waals surface area contributed by atoms with Crippen LogP contribution in [0.4, 0.5) is 0 Å². The van der Waals surface area contributed by atoms with Gasteiger partial charge in [-0.05, 0) is 25.8 Å². The summed E-state index contributed by atoms with van der Waals surface area (Å²) in [6, 6.07) is -0.0347. The molecule has 16 heavy (non-hydrogen) atoms. The summed E-state index contributed by atoms with van der Waals surface area (Å²) < 4.78 is 0. The normalized spacial score (nSPS) is 23.6. The van der Waals surface area contributed by atoms with Gasteiger partial charge in [0, 0.05) is 13.1 Å². The SMILES string of the molecule is CCCC(O)CN1CCCC(NCC)C1=O. The summed E-state index contributed by atoms with van der Waals surface area (Å²) in [7, 11) is 0.